The summed E-state index contributed by atoms with van der Waals surface area (Å²) in [5.41, 5.74) is 5.74. The van der Waals surface area contributed by atoms with Crippen LogP contribution in [-0.2, 0) is 11.3 Å². The van der Waals surface area contributed by atoms with Crippen molar-refractivity contribution in [2.45, 2.75) is 25.9 Å². The Balaban J connectivity index is 2.51. The Bertz CT molecular complexity index is 444. The van der Waals surface area contributed by atoms with Gasteiger partial charge in [0.05, 0.1) is 5.54 Å². The van der Waals surface area contributed by atoms with Gasteiger partial charge in [-0.3, -0.25) is 10.1 Å². The van der Waals surface area contributed by atoms with E-state index >= 15 is 0 Å². The first kappa shape index (κ1) is 14.1. The molecule has 0 saturated carbocycles. The summed E-state index contributed by atoms with van der Waals surface area (Å²) in [6.45, 7) is 4.45. The average Bonchev–Trinajstić information content (AvgIpc) is 2.35. The van der Waals surface area contributed by atoms with Crippen molar-refractivity contribution in [3.05, 3.63) is 29.8 Å². The largest absolute Gasteiger partial charge is 0.484 e. The summed E-state index contributed by atoms with van der Waals surface area (Å²) < 4.78 is 5.16. The number of carbonyl (C=O) groups is 1. The van der Waals surface area contributed by atoms with Gasteiger partial charge in [-0.25, -0.2) is 0 Å². The summed E-state index contributed by atoms with van der Waals surface area (Å²) in [5, 5.41) is 3.24. The number of terminal acetylenes is 1. The minimum atomic E-state index is -0.489. The van der Waals surface area contributed by atoms with Crippen LogP contribution in [0.3, 0.4) is 0 Å². The lowest BCUT2D eigenvalue weighted by Crippen LogP contribution is -2.36. The second kappa shape index (κ2) is 6.08. The molecule has 3 N–H and O–H groups in total. The van der Waals surface area contributed by atoms with Crippen LogP contribution in [0.25, 0.3) is 0 Å². The number of hydrogen-bond acceptors (Lipinski definition) is 3. The third-order valence-corrected chi connectivity index (χ3v) is 2.40. The van der Waals surface area contributed by atoms with Gasteiger partial charge >= 0.3 is 0 Å². The fraction of sp³-hybridized carbons (Fsp3) is 0.357. The van der Waals surface area contributed by atoms with Crippen LogP contribution in [0, 0.1) is 12.3 Å². The van der Waals surface area contributed by atoms with E-state index < -0.39 is 5.91 Å². The van der Waals surface area contributed by atoms with E-state index in [9.17, 15) is 4.79 Å². The van der Waals surface area contributed by atoms with Gasteiger partial charge in [-0.15, -0.1) is 6.42 Å². The van der Waals surface area contributed by atoms with Crippen molar-refractivity contribution in [1.82, 2.24) is 5.32 Å². The summed E-state index contributed by atoms with van der Waals surface area (Å²) in [4.78, 5) is 10.6. The number of benzene rings is 1. The molecule has 1 rings (SSSR count). The lowest BCUT2D eigenvalue weighted by molar-refractivity contribution is -0.119. The summed E-state index contributed by atoms with van der Waals surface area (Å²) in [6.07, 6.45) is 5.39. The molecule has 0 aliphatic rings. The molecule has 0 atom stereocenters. The summed E-state index contributed by atoms with van der Waals surface area (Å²) >= 11 is 0. The standard InChI is InChI=1S/C14H18N2O2/c1-4-14(2,3)16-9-11-5-7-12(8-6-11)18-10-13(15)17/h1,5-8,16H,9-10H2,2-3H3,(H2,15,17). The van der Waals surface area contributed by atoms with E-state index in [1.165, 1.54) is 0 Å². The highest BCUT2D eigenvalue weighted by atomic mass is 16.5. The lowest BCUT2D eigenvalue weighted by atomic mass is 10.1. The van der Waals surface area contributed by atoms with Crippen molar-refractivity contribution >= 4 is 5.91 Å². The van der Waals surface area contributed by atoms with E-state index in [1.807, 2.05) is 26.0 Å². The predicted molar refractivity (Wildman–Crippen MR) is 70.9 cm³/mol. The van der Waals surface area contributed by atoms with E-state index in [2.05, 4.69) is 11.2 Å². The highest BCUT2D eigenvalue weighted by molar-refractivity contribution is 5.75. The van der Waals surface area contributed by atoms with Gasteiger partial charge in [-0.1, -0.05) is 18.1 Å². The second-order valence-corrected chi connectivity index (χ2v) is 4.52. The predicted octanol–water partition coefficient (Wildman–Crippen LogP) is 1.05. The number of carbonyl (C=O) groups excluding carboxylic acids is 1. The summed E-state index contributed by atoms with van der Waals surface area (Å²) in [6, 6.07) is 7.41. The van der Waals surface area contributed by atoms with Crippen molar-refractivity contribution in [2.24, 2.45) is 5.73 Å². The number of rotatable bonds is 6. The molecule has 0 aromatic heterocycles. The molecule has 0 unspecified atom stereocenters. The van der Waals surface area contributed by atoms with E-state index in [-0.39, 0.29) is 12.1 Å². The highest BCUT2D eigenvalue weighted by Gasteiger charge is 2.11. The molecule has 0 radical (unpaired) electrons. The van der Waals surface area contributed by atoms with Crippen molar-refractivity contribution in [1.29, 1.82) is 0 Å². The van der Waals surface area contributed by atoms with Crippen LogP contribution in [0.15, 0.2) is 24.3 Å². The Morgan fingerprint density at radius 1 is 1.44 bits per heavy atom. The van der Waals surface area contributed by atoms with Crippen molar-refractivity contribution in [2.75, 3.05) is 6.61 Å². The van der Waals surface area contributed by atoms with Crippen molar-refractivity contribution < 1.29 is 9.53 Å². The fourth-order valence-electron chi connectivity index (χ4n) is 1.23. The zero-order valence-electron chi connectivity index (χ0n) is 10.7. The maximum absolute atomic E-state index is 10.6. The zero-order valence-corrected chi connectivity index (χ0v) is 10.7. The molecular weight excluding hydrogens is 228 g/mol. The van der Waals surface area contributed by atoms with Gasteiger partial charge in [0.25, 0.3) is 5.91 Å². The molecule has 0 saturated heterocycles. The molecule has 96 valence electrons. The molecule has 1 aromatic carbocycles. The minimum Gasteiger partial charge on any atom is -0.484 e. The smallest absolute Gasteiger partial charge is 0.255 e. The third kappa shape index (κ3) is 4.89. The fourth-order valence-corrected chi connectivity index (χ4v) is 1.23. The molecule has 1 aromatic rings. The number of ether oxygens (including phenoxy) is 1. The van der Waals surface area contributed by atoms with Gasteiger partial charge in [0.2, 0.25) is 0 Å². The van der Waals surface area contributed by atoms with Crippen LogP contribution in [0.5, 0.6) is 5.75 Å². The first-order valence-electron chi connectivity index (χ1n) is 5.66. The van der Waals surface area contributed by atoms with E-state index in [0.29, 0.717) is 12.3 Å². The van der Waals surface area contributed by atoms with Crippen molar-refractivity contribution in [3.8, 4) is 18.1 Å². The molecule has 4 heteroatoms. The van der Waals surface area contributed by atoms with Gasteiger partial charge in [0.1, 0.15) is 5.75 Å². The SMILES string of the molecule is C#CC(C)(C)NCc1ccc(OCC(N)=O)cc1. The van der Waals surface area contributed by atoms with E-state index in [1.54, 1.807) is 12.1 Å². The Morgan fingerprint density at radius 3 is 2.56 bits per heavy atom. The topological polar surface area (TPSA) is 64.3 Å². The minimum absolute atomic E-state index is 0.109. The molecule has 1 amide bonds. The van der Waals surface area contributed by atoms with Gasteiger partial charge in [-0.2, -0.15) is 0 Å². The zero-order chi connectivity index (χ0) is 13.6. The first-order valence-corrected chi connectivity index (χ1v) is 5.66. The van der Waals surface area contributed by atoms with Gasteiger partial charge < -0.3 is 10.5 Å². The van der Waals surface area contributed by atoms with E-state index in [4.69, 9.17) is 16.9 Å². The molecule has 0 heterocycles. The van der Waals surface area contributed by atoms with Gasteiger partial charge in [-0.05, 0) is 31.5 Å². The second-order valence-electron chi connectivity index (χ2n) is 4.52. The lowest BCUT2D eigenvalue weighted by Gasteiger charge is -2.19. The molecular formula is C14H18N2O2. The van der Waals surface area contributed by atoms with Crippen LogP contribution in [0.1, 0.15) is 19.4 Å². The average molecular weight is 246 g/mol. The Labute approximate surface area is 108 Å². The summed E-state index contributed by atoms with van der Waals surface area (Å²) in [5.74, 6) is 2.80. The molecule has 0 spiro atoms. The van der Waals surface area contributed by atoms with Crippen LogP contribution in [0.2, 0.25) is 0 Å². The molecule has 0 fully saturated rings. The number of nitrogens with one attached hydrogen (secondary N) is 1. The number of amides is 1. The van der Waals surface area contributed by atoms with Crippen LogP contribution in [-0.4, -0.2) is 18.1 Å². The Kier molecular flexibility index (Phi) is 4.75. The molecule has 0 aliphatic heterocycles. The monoisotopic (exact) mass is 246 g/mol. The van der Waals surface area contributed by atoms with E-state index in [0.717, 1.165) is 5.56 Å². The molecule has 18 heavy (non-hydrogen) atoms. The van der Waals surface area contributed by atoms with Gasteiger partial charge in [0.15, 0.2) is 6.61 Å². The van der Waals surface area contributed by atoms with Crippen LogP contribution < -0.4 is 15.8 Å². The van der Waals surface area contributed by atoms with Crippen LogP contribution >= 0.6 is 0 Å². The molecule has 0 bridgehead atoms. The number of nitrogens with two attached hydrogens (primary N) is 1. The summed E-state index contributed by atoms with van der Waals surface area (Å²) in [7, 11) is 0. The highest BCUT2D eigenvalue weighted by Crippen LogP contribution is 2.12. The van der Waals surface area contributed by atoms with Gasteiger partial charge in [0, 0.05) is 6.54 Å². The Morgan fingerprint density at radius 2 is 2.06 bits per heavy atom. The van der Waals surface area contributed by atoms with Crippen molar-refractivity contribution in [3.63, 3.8) is 0 Å². The normalized spacial score (nSPS) is 10.7. The maximum Gasteiger partial charge on any atom is 0.255 e. The maximum atomic E-state index is 10.6. The van der Waals surface area contributed by atoms with Crippen LogP contribution in [0.4, 0.5) is 0 Å². The quantitative estimate of drug-likeness (QED) is 0.737. The first-order chi connectivity index (χ1) is 8.43. The number of primary amides is 1. The number of hydrogen-bond donors (Lipinski definition) is 2. The molecule has 4 nitrogen and oxygen atoms in total. The molecule has 0 aliphatic carbocycles. The third-order valence-electron chi connectivity index (χ3n) is 2.40. The Hall–Kier alpha value is -1.99.